The number of tetrazole rings is 1. The van der Waals surface area contributed by atoms with Crippen molar-refractivity contribution in [1.29, 1.82) is 0 Å². The number of hydrogen-bond donors (Lipinski definition) is 1. The summed E-state index contributed by atoms with van der Waals surface area (Å²) >= 11 is 2.34. The molecule has 1 N–H and O–H groups in total. The van der Waals surface area contributed by atoms with Crippen LogP contribution in [0.2, 0.25) is 0 Å². The van der Waals surface area contributed by atoms with Crippen molar-refractivity contribution in [3.05, 3.63) is 59.5 Å². The second-order valence-electron chi connectivity index (χ2n) is 6.28. The van der Waals surface area contributed by atoms with Gasteiger partial charge >= 0.3 is 0 Å². The highest BCUT2D eigenvalue weighted by molar-refractivity contribution is 7.99. The highest BCUT2D eigenvalue weighted by Gasteiger charge is 2.16. The second-order valence-corrected chi connectivity index (χ2v) is 8.08. The Morgan fingerprint density at radius 1 is 1.22 bits per heavy atom. The van der Waals surface area contributed by atoms with Crippen LogP contribution in [0.4, 0.5) is 13.9 Å². The average Bonchev–Trinajstić information content (AvgIpc) is 3.44. The number of amides is 1. The third-order valence-electron chi connectivity index (χ3n) is 4.13. The third kappa shape index (κ3) is 4.92. The third-order valence-corrected chi connectivity index (χ3v) is 5.81. The molecular formula is C20H16F2N6O2S2. The van der Waals surface area contributed by atoms with Crippen LogP contribution in [0.1, 0.15) is 6.92 Å². The zero-order valence-corrected chi connectivity index (χ0v) is 18.3. The number of carbonyl (C=O) groups is 1. The van der Waals surface area contributed by atoms with Crippen LogP contribution in [0, 0.1) is 11.6 Å². The quantitative estimate of drug-likeness (QED) is 0.383. The van der Waals surface area contributed by atoms with E-state index < -0.39 is 11.6 Å². The van der Waals surface area contributed by atoms with E-state index in [2.05, 4.69) is 25.8 Å². The van der Waals surface area contributed by atoms with Crippen LogP contribution < -0.4 is 10.1 Å². The molecule has 8 nitrogen and oxygen atoms in total. The maximum atomic E-state index is 13.4. The molecule has 0 atom stereocenters. The van der Waals surface area contributed by atoms with E-state index in [4.69, 9.17) is 4.74 Å². The molecule has 164 valence electrons. The van der Waals surface area contributed by atoms with Crippen LogP contribution >= 0.6 is 23.1 Å². The Balaban J connectivity index is 1.40. The number of nitrogens with one attached hydrogen (secondary N) is 1. The van der Waals surface area contributed by atoms with Gasteiger partial charge in [-0.25, -0.2) is 13.8 Å². The Morgan fingerprint density at radius 2 is 2.06 bits per heavy atom. The summed E-state index contributed by atoms with van der Waals surface area (Å²) in [5, 5.41) is 16.8. The van der Waals surface area contributed by atoms with E-state index in [0.29, 0.717) is 39.6 Å². The first kappa shape index (κ1) is 21.8. The minimum Gasteiger partial charge on any atom is -0.492 e. The number of anilines is 1. The fraction of sp³-hybridized carbons (Fsp3) is 0.150. The zero-order valence-electron chi connectivity index (χ0n) is 16.7. The van der Waals surface area contributed by atoms with Crippen molar-refractivity contribution < 1.29 is 18.3 Å². The number of aromatic nitrogens is 5. The zero-order chi connectivity index (χ0) is 22.5. The summed E-state index contributed by atoms with van der Waals surface area (Å²) in [4.78, 5) is 16.7. The molecule has 0 fully saturated rings. The summed E-state index contributed by atoms with van der Waals surface area (Å²) in [7, 11) is 0. The molecule has 0 radical (unpaired) electrons. The Bertz CT molecular complexity index is 1250. The van der Waals surface area contributed by atoms with Crippen molar-refractivity contribution in [2.24, 2.45) is 0 Å². The van der Waals surface area contributed by atoms with Gasteiger partial charge in [0.2, 0.25) is 11.1 Å². The van der Waals surface area contributed by atoms with E-state index in [0.717, 1.165) is 23.9 Å². The first-order valence-electron chi connectivity index (χ1n) is 9.39. The molecule has 2 aromatic carbocycles. The number of thiazole rings is 1. The predicted molar refractivity (Wildman–Crippen MR) is 117 cm³/mol. The molecule has 4 aromatic rings. The number of benzene rings is 2. The molecule has 0 bridgehead atoms. The molecule has 2 heterocycles. The molecule has 0 aliphatic heterocycles. The largest absolute Gasteiger partial charge is 0.492 e. The molecule has 12 heteroatoms. The van der Waals surface area contributed by atoms with Crippen LogP contribution in [0.15, 0.2) is 53.0 Å². The van der Waals surface area contributed by atoms with Gasteiger partial charge in [-0.15, -0.1) is 16.4 Å². The van der Waals surface area contributed by atoms with Crippen LogP contribution in [0.3, 0.4) is 0 Å². The maximum absolute atomic E-state index is 13.4. The lowest BCUT2D eigenvalue weighted by Crippen LogP contribution is -2.14. The number of halogens is 2. The van der Waals surface area contributed by atoms with Gasteiger partial charge in [0.05, 0.1) is 18.1 Å². The van der Waals surface area contributed by atoms with Gasteiger partial charge in [0.25, 0.3) is 0 Å². The monoisotopic (exact) mass is 474 g/mol. The van der Waals surface area contributed by atoms with Gasteiger partial charge in [-0.1, -0.05) is 23.9 Å². The number of para-hydroxylation sites is 2. The van der Waals surface area contributed by atoms with E-state index in [1.54, 1.807) is 5.38 Å². The summed E-state index contributed by atoms with van der Waals surface area (Å²) in [5.74, 6) is -1.53. The molecule has 0 saturated carbocycles. The number of ether oxygens (including phenoxy) is 1. The Labute approximate surface area is 189 Å². The van der Waals surface area contributed by atoms with Crippen molar-refractivity contribution in [3.8, 4) is 22.7 Å². The molecule has 0 aliphatic carbocycles. The molecule has 2 aromatic heterocycles. The Hall–Kier alpha value is -3.38. The van der Waals surface area contributed by atoms with Crippen molar-refractivity contribution in [2.75, 3.05) is 17.7 Å². The summed E-state index contributed by atoms with van der Waals surface area (Å²) in [6.07, 6.45) is 0. The number of nitrogens with zero attached hydrogens (tertiary/aromatic N) is 5. The smallest absolute Gasteiger partial charge is 0.236 e. The molecule has 0 spiro atoms. The Kier molecular flexibility index (Phi) is 6.71. The molecule has 0 saturated heterocycles. The lowest BCUT2D eigenvalue weighted by Gasteiger charge is -2.10. The molecule has 32 heavy (non-hydrogen) atoms. The summed E-state index contributed by atoms with van der Waals surface area (Å²) < 4.78 is 33.7. The first-order valence-corrected chi connectivity index (χ1v) is 11.3. The number of thioether (sulfide) groups is 1. The summed E-state index contributed by atoms with van der Waals surface area (Å²) in [6, 6.07) is 10.8. The molecule has 0 aliphatic rings. The van der Waals surface area contributed by atoms with E-state index >= 15 is 0 Å². The highest BCUT2D eigenvalue weighted by Crippen LogP contribution is 2.28. The molecule has 0 unspecified atom stereocenters. The van der Waals surface area contributed by atoms with Gasteiger partial charge in [-0.2, -0.15) is 4.68 Å². The highest BCUT2D eigenvalue weighted by atomic mass is 32.2. The summed E-state index contributed by atoms with van der Waals surface area (Å²) in [5.41, 5.74) is 1.52. The number of hydrogen-bond acceptors (Lipinski definition) is 8. The lowest BCUT2D eigenvalue weighted by molar-refractivity contribution is -0.113. The van der Waals surface area contributed by atoms with Gasteiger partial charge in [-0.05, 0) is 47.7 Å². The minimum atomic E-state index is -0.957. The molecular weight excluding hydrogens is 458 g/mol. The van der Waals surface area contributed by atoms with Gasteiger partial charge in [0, 0.05) is 10.9 Å². The average molecular weight is 475 g/mol. The van der Waals surface area contributed by atoms with Crippen molar-refractivity contribution in [2.45, 2.75) is 12.1 Å². The van der Waals surface area contributed by atoms with Crippen molar-refractivity contribution >= 4 is 34.1 Å². The second kappa shape index (κ2) is 9.83. The maximum Gasteiger partial charge on any atom is 0.236 e. The minimum absolute atomic E-state index is 0.0390. The molecule has 1 amide bonds. The van der Waals surface area contributed by atoms with E-state index in [-0.39, 0.29) is 11.7 Å². The standard InChI is InChI=1S/C20H16F2N6O2S2/c1-2-30-17-6-4-3-5-16(17)28-20(25-26-27-28)32-11-18(29)24-19-23-15(10-31-19)12-7-8-13(21)14(22)9-12/h3-10H,2,11H2,1H3,(H,23,24,29). The number of rotatable bonds is 8. The fourth-order valence-electron chi connectivity index (χ4n) is 2.73. The van der Waals surface area contributed by atoms with Crippen molar-refractivity contribution in [3.63, 3.8) is 0 Å². The molecule has 4 rings (SSSR count). The Morgan fingerprint density at radius 3 is 2.88 bits per heavy atom. The summed E-state index contributed by atoms with van der Waals surface area (Å²) in [6.45, 7) is 2.37. The van der Waals surface area contributed by atoms with E-state index in [1.807, 2.05) is 31.2 Å². The topological polar surface area (TPSA) is 94.8 Å². The van der Waals surface area contributed by atoms with Crippen LogP contribution in [-0.2, 0) is 4.79 Å². The van der Waals surface area contributed by atoms with Crippen LogP contribution in [-0.4, -0.2) is 43.5 Å². The lowest BCUT2D eigenvalue weighted by atomic mass is 10.2. The van der Waals surface area contributed by atoms with Crippen LogP contribution in [0.25, 0.3) is 16.9 Å². The van der Waals surface area contributed by atoms with Crippen LogP contribution in [0.5, 0.6) is 5.75 Å². The predicted octanol–water partition coefficient (Wildman–Crippen LogP) is 4.19. The van der Waals surface area contributed by atoms with E-state index in [1.165, 1.54) is 22.1 Å². The fourth-order valence-corrected chi connectivity index (χ4v) is 4.15. The SMILES string of the molecule is CCOc1ccccc1-n1nnnc1SCC(=O)Nc1nc(-c2ccc(F)c(F)c2)cs1. The number of carbonyl (C=O) groups excluding carboxylic acids is 1. The van der Waals surface area contributed by atoms with Gasteiger partial charge in [-0.3, -0.25) is 4.79 Å². The van der Waals surface area contributed by atoms with Gasteiger partial charge in [0.15, 0.2) is 16.8 Å². The van der Waals surface area contributed by atoms with Crippen molar-refractivity contribution in [1.82, 2.24) is 25.2 Å². The normalized spacial score (nSPS) is 10.8. The first-order chi connectivity index (χ1) is 15.5. The van der Waals surface area contributed by atoms with Gasteiger partial charge < -0.3 is 10.1 Å². The van der Waals surface area contributed by atoms with Gasteiger partial charge in [0.1, 0.15) is 11.4 Å². The van der Waals surface area contributed by atoms with E-state index in [9.17, 15) is 13.6 Å².